The zero-order valence-corrected chi connectivity index (χ0v) is 19.5. The lowest BCUT2D eigenvalue weighted by Gasteiger charge is -2.20. The molecule has 0 bridgehead atoms. The van der Waals surface area contributed by atoms with Crippen molar-refractivity contribution in [2.24, 2.45) is 11.0 Å². The number of methoxy groups -OCH3 is 1. The first kappa shape index (κ1) is 24.9. The molecule has 0 spiro atoms. The topological polar surface area (TPSA) is 89.0 Å². The minimum Gasteiger partial charge on any atom is -0.493 e. The molecule has 2 rings (SSSR count). The first-order valence-electron chi connectivity index (χ1n) is 10.9. The lowest BCUT2D eigenvalue weighted by molar-refractivity contribution is -0.123. The number of ether oxygens (including phenoxy) is 2. The average Bonchev–Trinajstić information content (AvgIpc) is 2.78. The van der Waals surface area contributed by atoms with Crippen LogP contribution in [0, 0.1) is 12.8 Å². The minimum atomic E-state index is -0.718. The molecule has 1 atom stereocenters. The third-order valence-corrected chi connectivity index (χ3v) is 4.88. The number of nitrogens with zero attached hydrogens (tertiary/aromatic N) is 1. The molecule has 0 radical (unpaired) electrons. The lowest BCUT2D eigenvalue weighted by Crippen LogP contribution is -2.48. The molecule has 1 unspecified atom stereocenters. The quantitative estimate of drug-likeness (QED) is 0.314. The third kappa shape index (κ3) is 7.41. The van der Waals surface area contributed by atoms with Gasteiger partial charge in [-0.2, -0.15) is 5.10 Å². The van der Waals surface area contributed by atoms with Crippen LogP contribution in [0.1, 0.15) is 55.1 Å². The Hall–Kier alpha value is -3.35. The van der Waals surface area contributed by atoms with Gasteiger partial charge >= 0.3 is 0 Å². The van der Waals surface area contributed by atoms with Crippen molar-refractivity contribution in [3.63, 3.8) is 0 Å². The van der Waals surface area contributed by atoms with Gasteiger partial charge in [-0.3, -0.25) is 9.59 Å². The van der Waals surface area contributed by atoms with Gasteiger partial charge in [0.1, 0.15) is 6.04 Å². The van der Waals surface area contributed by atoms with Crippen molar-refractivity contribution >= 4 is 18.0 Å². The Labute approximate surface area is 190 Å². The minimum absolute atomic E-state index is 0.112. The number of hydrazone groups is 1. The van der Waals surface area contributed by atoms with Gasteiger partial charge in [-0.05, 0) is 55.2 Å². The Morgan fingerprint density at radius 2 is 1.81 bits per heavy atom. The molecule has 0 saturated heterocycles. The van der Waals surface area contributed by atoms with Crippen LogP contribution >= 0.6 is 0 Å². The molecule has 2 N–H and O–H groups in total. The van der Waals surface area contributed by atoms with E-state index in [1.54, 1.807) is 25.3 Å². The second-order valence-corrected chi connectivity index (χ2v) is 7.91. The van der Waals surface area contributed by atoms with E-state index < -0.39 is 6.04 Å². The summed E-state index contributed by atoms with van der Waals surface area (Å²) < 4.78 is 11.1. The number of nitrogens with one attached hydrogen (secondary N) is 2. The molecule has 172 valence electrons. The zero-order valence-electron chi connectivity index (χ0n) is 19.5. The first-order valence-corrected chi connectivity index (χ1v) is 10.9. The highest BCUT2D eigenvalue weighted by Crippen LogP contribution is 2.27. The Bertz CT molecular complexity index is 923. The zero-order chi connectivity index (χ0) is 23.5. The van der Waals surface area contributed by atoms with Gasteiger partial charge in [0.05, 0.1) is 19.9 Å². The van der Waals surface area contributed by atoms with E-state index in [1.807, 2.05) is 45.0 Å². The summed E-state index contributed by atoms with van der Waals surface area (Å²) in [6.07, 6.45) is 3.54. The van der Waals surface area contributed by atoms with Gasteiger partial charge in [-0.1, -0.05) is 44.9 Å². The number of unbranched alkanes of at least 4 members (excludes halogenated alkanes) is 1. The van der Waals surface area contributed by atoms with Gasteiger partial charge in [0.25, 0.3) is 11.8 Å². The number of rotatable bonds is 11. The van der Waals surface area contributed by atoms with E-state index in [9.17, 15) is 9.59 Å². The summed E-state index contributed by atoms with van der Waals surface area (Å²) in [7, 11) is 1.58. The smallest absolute Gasteiger partial charge is 0.262 e. The third-order valence-electron chi connectivity index (χ3n) is 4.88. The normalized spacial score (nSPS) is 11.9. The highest BCUT2D eigenvalue weighted by Gasteiger charge is 2.24. The van der Waals surface area contributed by atoms with Crippen LogP contribution < -0.4 is 20.2 Å². The van der Waals surface area contributed by atoms with Crippen LogP contribution in [0.3, 0.4) is 0 Å². The summed E-state index contributed by atoms with van der Waals surface area (Å²) in [6, 6.07) is 11.9. The van der Waals surface area contributed by atoms with Gasteiger partial charge in [0, 0.05) is 5.56 Å². The first-order chi connectivity index (χ1) is 15.3. The number of hydrogen-bond acceptors (Lipinski definition) is 5. The maximum atomic E-state index is 12.6. The second kappa shape index (κ2) is 12.5. The number of carbonyl (C=O) groups is 2. The van der Waals surface area contributed by atoms with E-state index in [2.05, 4.69) is 22.8 Å². The lowest BCUT2D eigenvalue weighted by atomic mass is 10.0. The summed E-state index contributed by atoms with van der Waals surface area (Å²) in [5, 5.41) is 6.83. The van der Waals surface area contributed by atoms with Crippen LogP contribution in [0.2, 0.25) is 0 Å². The van der Waals surface area contributed by atoms with Crippen molar-refractivity contribution in [1.82, 2.24) is 10.7 Å². The molecule has 2 aromatic rings. The molecule has 0 aromatic heterocycles. The van der Waals surface area contributed by atoms with Crippen LogP contribution in [0.5, 0.6) is 11.5 Å². The Balaban J connectivity index is 2.00. The summed E-state index contributed by atoms with van der Waals surface area (Å²) in [4.78, 5) is 25.1. The van der Waals surface area contributed by atoms with Crippen molar-refractivity contribution in [1.29, 1.82) is 0 Å². The van der Waals surface area contributed by atoms with E-state index in [0.717, 1.165) is 24.0 Å². The largest absolute Gasteiger partial charge is 0.493 e. The molecule has 7 nitrogen and oxygen atoms in total. The molecular formula is C25H33N3O4. The SMILES string of the molecule is CCCCOc1ccc(/C=N\NC(=O)C(NC(=O)c2ccc(C)cc2)C(C)C)cc1OC. The average molecular weight is 440 g/mol. The van der Waals surface area contributed by atoms with Crippen LogP contribution in [0.25, 0.3) is 0 Å². The summed E-state index contributed by atoms with van der Waals surface area (Å²) in [5.74, 6) is 0.469. The number of hydrogen-bond donors (Lipinski definition) is 2. The highest BCUT2D eigenvalue weighted by molar-refractivity contribution is 5.97. The van der Waals surface area contributed by atoms with Crippen molar-refractivity contribution < 1.29 is 19.1 Å². The fraction of sp³-hybridized carbons (Fsp3) is 0.400. The second-order valence-electron chi connectivity index (χ2n) is 7.91. The standard InChI is InChI=1S/C25H33N3O4/c1-6-7-14-32-21-13-10-19(15-22(21)31-5)16-26-28-25(30)23(17(2)3)27-24(29)20-11-8-18(4)9-12-20/h8-13,15-17,23H,6-7,14H2,1-5H3,(H,27,29)(H,28,30)/b26-16-. The predicted octanol–water partition coefficient (Wildman–Crippen LogP) is 4.09. The molecule has 0 aliphatic heterocycles. The van der Waals surface area contributed by atoms with Gasteiger partial charge < -0.3 is 14.8 Å². The fourth-order valence-electron chi connectivity index (χ4n) is 2.91. The van der Waals surface area contributed by atoms with Gasteiger partial charge in [-0.25, -0.2) is 5.43 Å². The molecule has 0 fully saturated rings. The molecule has 0 aliphatic rings. The van der Waals surface area contributed by atoms with Gasteiger partial charge in [0.2, 0.25) is 0 Å². The van der Waals surface area contributed by atoms with Gasteiger partial charge in [-0.15, -0.1) is 0 Å². The Kier molecular flexibility index (Phi) is 9.73. The monoisotopic (exact) mass is 439 g/mol. The summed E-state index contributed by atoms with van der Waals surface area (Å²) in [6.45, 7) is 8.41. The van der Waals surface area contributed by atoms with Crippen molar-refractivity contribution in [2.75, 3.05) is 13.7 Å². The van der Waals surface area contributed by atoms with Crippen LogP contribution in [0.4, 0.5) is 0 Å². The van der Waals surface area contributed by atoms with E-state index in [4.69, 9.17) is 9.47 Å². The highest BCUT2D eigenvalue weighted by atomic mass is 16.5. The number of amides is 2. The van der Waals surface area contributed by atoms with E-state index in [-0.39, 0.29) is 17.7 Å². The van der Waals surface area contributed by atoms with E-state index in [1.165, 1.54) is 6.21 Å². The van der Waals surface area contributed by atoms with Crippen molar-refractivity contribution in [2.45, 2.75) is 46.6 Å². The van der Waals surface area contributed by atoms with Crippen LogP contribution in [0.15, 0.2) is 47.6 Å². The molecule has 2 aromatic carbocycles. The van der Waals surface area contributed by atoms with Crippen LogP contribution in [-0.4, -0.2) is 37.8 Å². The van der Waals surface area contributed by atoms with E-state index in [0.29, 0.717) is 23.7 Å². The number of carbonyl (C=O) groups excluding carboxylic acids is 2. The number of benzene rings is 2. The molecule has 2 amide bonds. The summed E-state index contributed by atoms with van der Waals surface area (Å²) >= 11 is 0. The van der Waals surface area contributed by atoms with Crippen molar-refractivity contribution in [3.8, 4) is 11.5 Å². The molecule has 0 saturated carbocycles. The van der Waals surface area contributed by atoms with E-state index >= 15 is 0 Å². The molecule has 32 heavy (non-hydrogen) atoms. The van der Waals surface area contributed by atoms with Crippen LogP contribution in [-0.2, 0) is 4.79 Å². The maximum Gasteiger partial charge on any atom is 0.262 e. The van der Waals surface area contributed by atoms with Gasteiger partial charge in [0.15, 0.2) is 11.5 Å². The molecule has 0 aliphatic carbocycles. The summed E-state index contributed by atoms with van der Waals surface area (Å²) in [5.41, 5.74) is 4.83. The Morgan fingerprint density at radius 1 is 1.09 bits per heavy atom. The number of aryl methyl sites for hydroxylation is 1. The molecular weight excluding hydrogens is 406 g/mol. The van der Waals surface area contributed by atoms with Crippen molar-refractivity contribution in [3.05, 3.63) is 59.2 Å². The fourth-order valence-corrected chi connectivity index (χ4v) is 2.91. The predicted molar refractivity (Wildman–Crippen MR) is 126 cm³/mol. The molecule has 0 heterocycles. The Morgan fingerprint density at radius 3 is 2.44 bits per heavy atom. The maximum absolute atomic E-state index is 12.6. The molecule has 7 heteroatoms.